The first-order valence-electron chi connectivity index (χ1n) is 15.4. The number of benzene rings is 2. The van der Waals surface area contributed by atoms with E-state index >= 15 is 0 Å². The van der Waals surface area contributed by atoms with E-state index in [0.717, 1.165) is 6.42 Å². The normalized spacial score (nSPS) is 39.3. The third kappa shape index (κ3) is 5.01. The van der Waals surface area contributed by atoms with Gasteiger partial charge in [0.1, 0.15) is 30.0 Å². The predicted molar refractivity (Wildman–Crippen MR) is 157 cm³/mol. The molecule has 230 valence electrons. The van der Waals surface area contributed by atoms with E-state index in [9.17, 15) is 19.5 Å². The molecule has 1 saturated heterocycles. The van der Waals surface area contributed by atoms with Gasteiger partial charge >= 0.3 is 11.9 Å². The molecule has 1 N–H and O–H groups in total. The summed E-state index contributed by atoms with van der Waals surface area (Å²) in [7, 11) is 1.63. The zero-order chi connectivity index (χ0) is 30.7. The van der Waals surface area contributed by atoms with Gasteiger partial charge in [0.15, 0.2) is 5.78 Å². The van der Waals surface area contributed by atoms with Crippen LogP contribution >= 0.6 is 0 Å². The topological polar surface area (TPSA) is 112 Å². The van der Waals surface area contributed by atoms with E-state index in [1.54, 1.807) is 55.6 Å². The van der Waals surface area contributed by atoms with Crippen molar-refractivity contribution in [1.82, 2.24) is 0 Å². The van der Waals surface area contributed by atoms with Crippen LogP contribution in [0.5, 0.6) is 0 Å². The fraction of sp³-hybridized carbons (Fsp3) is 0.571. The molecule has 4 aliphatic rings. The van der Waals surface area contributed by atoms with Gasteiger partial charge in [-0.2, -0.15) is 0 Å². The Hall–Kier alpha value is -3.07. The highest BCUT2D eigenvalue weighted by atomic mass is 16.6. The van der Waals surface area contributed by atoms with Gasteiger partial charge in [-0.1, -0.05) is 64.1 Å². The van der Waals surface area contributed by atoms with Crippen LogP contribution in [0.2, 0.25) is 0 Å². The van der Waals surface area contributed by atoms with Crippen molar-refractivity contribution in [3.05, 3.63) is 71.8 Å². The second-order valence-corrected chi connectivity index (χ2v) is 13.8. The molecule has 4 fully saturated rings. The molecule has 3 saturated carbocycles. The van der Waals surface area contributed by atoms with Crippen LogP contribution in [-0.2, 0) is 23.7 Å². The molecule has 43 heavy (non-hydrogen) atoms. The summed E-state index contributed by atoms with van der Waals surface area (Å²) in [6.07, 6.45) is -0.299. The molecular formula is C35H42O8. The molecular weight excluding hydrogens is 548 g/mol. The minimum atomic E-state index is -1.81. The number of ether oxygens (including phenoxy) is 4. The lowest BCUT2D eigenvalue weighted by Gasteiger charge is -2.35. The summed E-state index contributed by atoms with van der Waals surface area (Å²) in [6.45, 7) is 8.09. The summed E-state index contributed by atoms with van der Waals surface area (Å²) in [4.78, 5) is 40.6. The fourth-order valence-electron chi connectivity index (χ4n) is 8.46. The summed E-state index contributed by atoms with van der Waals surface area (Å²) in [5.74, 6) is -2.62. The van der Waals surface area contributed by atoms with E-state index in [1.165, 1.54) is 0 Å². The second kappa shape index (κ2) is 10.8. The molecule has 0 spiro atoms. The Balaban J connectivity index is 1.36. The average Bonchev–Trinajstić information content (AvgIpc) is 3.82. The number of rotatable bonds is 6. The van der Waals surface area contributed by atoms with E-state index in [1.807, 2.05) is 26.0 Å². The largest absolute Gasteiger partial charge is 0.459 e. The van der Waals surface area contributed by atoms with E-state index in [2.05, 4.69) is 13.8 Å². The van der Waals surface area contributed by atoms with Crippen molar-refractivity contribution < 1.29 is 38.4 Å². The average molecular weight is 591 g/mol. The zero-order valence-electron chi connectivity index (χ0n) is 25.5. The Morgan fingerprint density at radius 1 is 0.930 bits per heavy atom. The summed E-state index contributed by atoms with van der Waals surface area (Å²) < 4.78 is 24.4. The maximum atomic E-state index is 14.4. The number of Topliss-reactive ketones (excluding diaryl/α,β-unsaturated/α-hetero) is 1. The van der Waals surface area contributed by atoms with Gasteiger partial charge in [-0.3, -0.25) is 4.79 Å². The van der Waals surface area contributed by atoms with Crippen molar-refractivity contribution in [2.24, 2.45) is 35.0 Å². The number of esters is 2. The highest BCUT2D eigenvalue weighted by molar-refractivity contribution is 5.92. The Labute approximate surface area is 253 Å². The van der Waals surface area contributed by atoms with Crippen molar-refractivity contribution in [3.8, 4) is 0 Å². The SMILES string of the molecule is CO[C@H]1[C@@H]2[C@H](CC[C@]3(COC(=O)c4ccccc4)O[C@@H]3[C@H]3[C@@H](OC(=O)c4ccccc4)[C@@H](C)C[C@]3(O)C(=O)[C@@H]1C)C2(C)C. The number of fused-ring (bicyclic) bond motifs is 4. The molecule has 0 unspecified atom stereocenters. The molecule has 6 rings (SSSR count). The molecule has 2 aromatic rings. The van der Waals surface area contributed by atoms with Crippen molar-refractivity contribution >= 4 is 17.7 Å². The molecule has 8 nitrogen and oxygen atoms in total. The lowest BCUT2D eigenvalue weighted by atomic mass is 9.74. The molecule has 0 aromatic heterocycles. The Bertz CT molecular complexity index is 1370. The summed E-state index contributed by atoms with van der Waals surface area (Å²) in [5, 5.41) is 12.4. The third-order valence-electron chi connectivity index (χ3n) is 10.9. The molecule has 0 radical (unpaired) electrons. The van der Waals surface area contributed by atoms with Crippen LogP contribution in [0.15, 0.2) is 60.7 Å². The lowest BCUT2D eigenvalue weighted by molar-refractivity contribution is -0.153. The van der Waals surface area contributed by atoms with E-state index in [4.69, 9.17) is 18.9 Å². The number of hydrogen-bond acceptors (Lipinski definition) is 8. The van der Waals surface area contributed by atoms with Crippen LogP contribution in [0.4, 0.5) is 0 Å². The van der Waals surface area contributed by atoms with Crippen molar-refractivity contribution in [3.63, 3.8) is 0 Å². The monoisotopic (exact) mass is 590 g/mol. The first-order chi connectivity index (χ1) is 20.4. The first kappa shape index (κ1) is 30.0. The first-order valence-corrected chi connectivity index (χ1v) is 15.4. The van der Waals surface area contributed by atoms with Crippen LogP contribution in [0.3, 0.4) is 0 Å². The van der Waals surface area contributed by atoms with Gasteiger partial charge in [0.05, 0.1) is 23.1 Å². The Morgan fingerprint density at radius 2 is 1.53 bits per heavy atom. The molecule has 0 amide bonds. The van der Waals surface area contributed by atoms with Crippen molar-refractivity contribution in [1.29, 1.82) is 0 Å². The number of hydrogen-bond donors (Lipinski definition) is 1. The minimum absolute atomic E-state index is 0.0268. The van der Waals surface area contributed by atoms with Gasteiger partial charge < -0.3 is 24.1 Å². The van der Waals surface area contributed by atoms with Crippen LogP contribution in [0, 0.1) is 35.0 Å². The van der Waals surface area contributed by atoms with Crippen LogP contribution < -0.4 is 0 Å². The summed E-state index contributed by atoms with van der Waals surface area (Å²) in [6, 6.07) is 17.5. The van der Waals surface area contributed by atoms with E-state index in [-0.39, 0.29) is 48.1 Å². The lowest BCUT2D eigenvalue weighted by Crippen LogP contribution is -2.53. The molecule has 1 aliphatic heterocycles. The van der Waals surface area contributed by atoms with Crippen LogP contribution in [-0.4, -0.2) is 66.1 Å². The van der Waals surface area contributed by atoms with Crippen molar-refractivity contribution in [2.45, 2.75) is 76.5 Å². The maximum Gasteiger partial charge on any atom is 0.338 e. The molecule has 10 atom stereocenters. The van der Waals surface area contributed by atoms with Gasteiger partial charge in [-0.25, -0.2) is 9.59 Å². The quantitative estimate of drug-likeness (QED) is 0.374. The molecule has 2 aromatic carbocycles. The minimum Gasteiger partial charge on any atom is -0.459 e. The van der Waals surface area contributed by atoms with Gasteiger partial charge in [-0.15, -0.1) is 0 Å². The van der Waals surface area contributed by atoms with Crippen LogP contribution in [0.1, 0.15) is 67.7 Å². The van der Waals surface area contributed by atoms with Gasteiger partial charge in [0.25, 0.3) is 0 Å². The molecule has 3 aliphatic carbocycles. The number of methoxy groups -OCH3 is 1. The molecule has 1 heterocycles. The van der Waals surface area contributed by atoms with Crippen molar-refractivity contribution in [2.75, 3.05) is 13.7 Å². The van der Waals surface area contributed by atoms with Gasteiger partial charge in [0.2, 0.25) is 0 Å². The maximum absolute atomic E-state index is 14.4. The second-order valence-electron chi connectivity index (χ2n) is 13.8. The highest BCUT2D eigenvalue weighted by Crippen LogP contribution is 2.66. The summed E-state index contributed by atoms with van der Waals surface area (Å²) in [5.41, 5.74) is -1.96. The highest BCUT2D eigenvalue weighted by Gasteiger charge is 2.74. The molecule has 0 bridgehead atoms. The Morgan fingerprint density at radius 3 is 2.14 bits per heavy atom. The predicted octanol–water partition coefficient (Wildman–Crippen LogP) is 4.88. The molecule has 8 heteroatoms. The smallest absolute Gasteiger partial charge is 0.338 e. The van der Waals surface area contributed by atoms with E-state index in [0.29, 0.717) is 17.5 Å². The number of carbonyl (C=O) groups is 3. The van der Waals surface area contributed by atoms with Gasteiger partial charge in [-0.05, 0) is 66.7 Å². The number of ketones is 1. The summed E-state index contributed by atoms with van der Waals surface area (Å²) >= 11 is 0. The Kier molecular flexibility index (Phi) is 7.55. The number of carbonyl (C=O) groups excluding carboxylic acids is 3. The number of aliphatic hydroxyl groups is 1. The zero-order valence-corrected chi connectivity index (χ0v) is 25.5. The standard InChI is InChI=1S/C35H42O8/c1-20-18-35(39)26(27(20)42-32(38)23-14-10-7-11-15-23)30-34(43-30,19-41-31(37)22-12-8-6-9-13-22)17-16-24-25(33(24,3)4)28(40-5)21(2)29(35)36/h6-15,20-21,24-28,30,39H,16-19H2,1-5H3/t20-,21+,24-,25-,26+,27-,28+,30+,34+,35+/m0/s1. The third-order valence-corrected chi connectivity index (χ3v) is 10.9. The fourth-order valence-corrected chi connectivity index (χ4v) is 8.46. The van der Waals surface area contributed by atoms with E-state index < -0.39 is 47.2 Å². The number of epoxide rings is 1. The van der Waals surface area contributed by atoms with Crippen LogP contribution in [0.25, 0.3) is 0 Å². The van der Waals surface area contributed by atoms with Gasteiger partial charge in [0, 0.05) is 13.0 Å².